The molecule has 0 bridgehead atoms. The van der Waals surface area contributed by atoms with Gasteiger partial charge in [-0.3, -0.25) is 4.98 Å². The molecule has 0 aliphatic carbocycles. The predicted molar refractivity (Wildman–Crippen MR) is 53.4 cm³/mol. The maximum Gasteiger partial charge on any atom is 0.338 e. The number of fused-ring (bicyclic) bond motifs is 1. The minimum Gasteiger partial charge on any atom is -0.478 e. The second-order valence-corrected chi connectivity index (χ2v) is 3.28. The van der Waals surface area contributed by atoms with Crippen molar-refractivity contribution in [3.63, 3.8) is 0 Å². The summed E-state index contributed by atoms with van der Waals surface area (Å²) >= 11 is 0. The number of aryl methyl sites for hydroxylation is 1. The Hall–Kier alpha value is -1.97. The summed E-state index contributed by atoms with van der Waals surface area (Å²) in [6.07, 6.45) is 0. The van der Waals surface area contributed by atoms with Crippen molar-refractivity contribution in [3.8, 4) is 0 Å². The molecule has 0 amide bonds. The molecule has 76 valence electrons. The molecular formula is C11H8FNO2. The van der Waals surface area contributed by atoms with Crippen molar-refractivity contribution in [2.24, 2.45) is 0 Å². The minimum absolute atomic E-state index is 0.326. The number of hydrogen-bond donors (Lipinski definition) is 1. The first kappa shape index (κ1) is 9.58. The van der Waals surface area contributed by atoms with E-state index in [1.165, 1.54) is 6.07 Å². The van der Waals surface area contributed by atoms with Gasteiger partial charge < -0.3 is 5.11 Å². The van der Waals surface area contributed by atoms with Crippen molar-refractivity contribution in [2.75, 3.05) is 0 Å². The van der Waals surface area contributed by atoms with Gasteiger partial charge in [0.05, 0.1) is 11.1 Å². The van der Waals surface area contributed by atoms with Crippen LogP contribution in [0.25, 0.3) is 10.9 Å². The zero-order valence-electron chi connectivity index (χ0n) is 7.99. The molecule has 1 aromatic heterocycles. The molecule has 0 saturated heterocycles. The number of carbonyl (C=O) groups is 1. The molecule has 0 aliphatic rings. The highest BCUT2D eigenvalue weighted by molar-refractivity contribution is 5.93. The standard InChI is InChI=1S/C11H8FNO2/c1-6-2-3-7-4-8(11(14)15)9(12)5-10(7)13-6/h2-5H,1H3,(H,14,15). The fraction of sp³-hybridized carbons (Fsp3) is 0.0909. The van der Waals surface area contributed by atoms with Crippen LogP contribution < -0.4 is 0 Å². The lowest BCUT2D eigenvalue weighted by atomic mass is 10.1. The van der Waals surface area contributed by atoms with Crippen molar-refractivity contribution in [2.45, 2.75) is 6.92 Å². The first-order valence-electron chi connectivity index (χ1n) is 4.38. The smallest absolute Gasteiger partial charge is 0.338 e. The van der Waals surface area contributed by atoms with E-state index in [-0.39, 0.29) is 5.56 Å². The normalized spacial score (nSPS) is 10.5. The lowest BCUT2D eigenvalue weighted by Gasteiger charge is -2.02. The van der Waals surface area contributed by atoms with E-state index in [2.05, 4.69) is 4.98 Å². The highest BCUT2D eigenvalue weighted by Gasteiger charge is 2.11. The van der Waals surface area contributed by atoms with Gasteiger partial charge in [0.2, 0.25) is 0 Å². The van der Waals surface area contributed by atoms with E-state index in [1.807, 2.05) is 0 Å². The van der Waals surface area contributed by atoms with Crippen molar-refractivity contribution in [1.82, 2.24) is 4.98 Å². The highest BCUT2D eigenvalue weighted by atomic mass is 19.1. The maximum absolute atomic E-state index is 13.3. The van der Waals surface area contributed by atoms with E-state index in [1.54, 1.807) is 19.1 Å². The lowest BCUT2D eigenvalue weighted by Crippen LogP contribution is -2.00. The van der Waals surface area contributed by atoms with Crippen molar-refractivity contribution < 1.29 is 14.3 Å². The number of rotatable bonds is 1. The average molecular weight is 205 g/mol. The molecule has 0 radical (unpaired) electrons. The van der Waals surface area contributed by atoms with E-state index in [9.17, 15) is 9.18 Å². The van der Waals surface area contributed by atoms with Crippen LogP contribution >= 0.6 is 0 Å². The predicted octanol–water partition coefficient (Wildman–Crippen LogP) is 2.38. The molecule has 0 saturated carbocycles. The third-order valence-electron chi connectivity index (χ3n) is 2.15. The van der Waals surface area contributed by atoms with Gasteiger partial charge >= 0.3 is 5.97 Å². The van der Waals surface area contributed by atoms with Gasteiger partial charge in [0.15, 0.2) is 0 Å². The molecule has 1 heterocycles. The fourth-order valence-corrected chi connectivity index (χ4v) is 1.41. The van der Waals surface area contributed by atoms with E-state index < -0.39 is 11.8 Å². The van der Waals surface area contributed by atoms with E-state index in [4.69, 9.17) is 5.11 Å². The highest BCUT2D eigenvalue weighted by Crippen LogP contribution is 2.18. The van der Waals surface area contributed by atoms with Crippen LogP contribution in [0.5, 0.6) is 0 Å². The van der Waals surface area contributed by atoms with Crippen molar-refractivity contribution >= 4 is 16.9 Å². The number of pyridine rings is 1. The van der Waals surface area contributed by atoms with Crippen LogP contribution in [0.2, 0.25) is 0 Å². The molecule has 1 N–H and O–H groups in total. The topological polar surface area (TPSA) is 50.2 Å². The van der Waals surface area contributed by atoms with E-state index in [0.29, 0.717) is 10.9 Å². The minimum atomic E-state index is -1.27. The first-order chi connectivity index (χ1) is 7.08. The Morgan fingerprint density at radius 3 is 2.80 bits per heavy atom. The Bertz CT molecular complexity index is 552. The van der Waals surface area contributed by atoms with Gasteiger partial charge in [-0.25, -0.2) is 9.18 Å². The number of hydrogen-bond acceptors (Lipinski definition) is 2. The zero-order valence-corrected chi connectivity index (χ0v) is 7.99. The van der Waals surface area contributed by atoms with Crippen LogP contribution in [0.3, 0.4) is 0 Å². The Morgan fingerprint density at radius 2 is 2.13 bits per heavy atom. The summed E-state index contributed by atoms with van der Waals surface area (Å²) in [6, 6.07) is 5.92. The average Bonchev–Trinajstić information content (AvgIpc) is 2.15. The molecule has 2 aromatic rings. The number of nitrogens with zero attached hydrogens (tertiary/aromatic N) is 1. The monoisotopic (exact) mass is 205 g/mol. The van der Waals surface area contributed by atoms with Crippen molar-refractivity contribution in [1.29, 1.82) is 0 Å². The molecule has 2 rings (SSSR count). The van der Waals surface area contributed by atoms with E-state index in [0.717, 1.165) is 11.8 Å². The largest absolute Gasteiger partial charge is 0.478 e. The number of carboxylic acids is 1. The van der Waals surface area contributed by atoms with Crippen LogP contribution in [0.1, 0.15) is 16.1 Å². The van der Waals surface area contributed by atoms with Gasteiger partial charge in [-0.05, 0) is 19.1 Å². The summed E-state index contributed by atoms with van der Waals surface area (Å²) in [5, 5.41) is 9.34. The molecule has 0 unspecified atom stereocenters. The number of aromatic carboxylic acids is 1. The summed E-state index contributed by atoms with van der Waals surface area (Å²) < 4.78 is 13.3. The molecule has 0 atom stereocenters. The zero-order chi connectivity index (χ0) is 11.0. The van der Waals surface area contributed by atoms with Gasteiger partial charge in [-0.1, -0.05) is 6.07 Å². The summed E-state index contributed by atoms with van der Waals surface area (Å²) in [5.41, 5.74) is 0.913. The molecule has 4 heteroatoms. The Kier molecular flexibility index (Phi) is 2.11. The van der Waals surface area contributed by atoms with Gasteiger partial charge in [0.1, 0.15) is 5.82 Å². The number of halogens is 1. The summed E-state index contributed by atoms with van der Waals surface area (Å²) in [7, 11) is 0. The molecule has 0 aliphatic heterocycles. The fourth-order valence-electron chi connectivity index (χ4n) is 1.41. The number of aromatic nitrogens is 1. The van der Waals surface area contributed by atoms with Crippen LogP contribution in [0, 0.1) is 12.7 Å². The van der Waals surface area contributed by atoms with Gasteiger partial charge in [-0.15, -0.1) is 0 Å². The van der Waals surface area contributed by atoms with Crippen LogP contribution in [0.15, 0.2) is 24.3 Å². The molecular weight excluding hydrogens is 197 g/mol. The quantitative estimate of drug-likeness (QED) is 0.777. The summed E-state index contributed by atoms with van der Waals surface area (Å²) in [6.45, 7) is 1.79. The second-order valence-electron chi connectivity index (χ2n) is 3.28. The third-order valence-corrected chi connectivity index (χ3v) is 2.15. The number of benzene rings is 1. The number of carboxylic acid groups (broad SMARTS) is 1. The summed E-state index contributed by atoms with van der Waals surface area (Å²) in [5.74, 6) is -2.02. The van der Waals surface area contributed by atoms with Gasteiger partial charge in [0.25, 0.3) is 0 Å². The Morgan fingerprint density at radius 1 is 1.40 bits per heavy atom. The molecule has 1 aromatic carbocycles. The molecule has 3 nitrogen and oxygen atoms in total. The van der Waals surface area contributed by atoms with Crippen LogP contribution in [0.4, 0.5) is 4.39 Å². The van der Waals surface area contributed by atoms with Crippen LogP contribution in [-0.2, 0) is 0 Å². The maximum atomic E-state index is 13.3. The lowest BCUT2D eigenvalue weighted by molar-refractivity contribution is 0.0692. The Balaban J connectivity index is 2.76. The van der Waals surface area contributed by atoms with Gasteiger partial charge in [-0.2, -0.15) is 0 Å². The first-order valence-corrected chi connectivity index (χ1v) is 4.38. The van der Waals surface area contributed by atoms with Crippen LogP contribution in [-0.4, -0.2) is 16.1 Å². The second kappa shape index (κ2) is 3.31. The molecule has 15 heavy (non-hydrogen) atoms. The van der Waals surface area contributed by atoms with Crippen molar-refractivity contribution in [3.05, 3.63) is 41.3 Å². The van der Waals surface area contributed by atoms with E-state index >= 15 is 0 Å². The SMILES string of the molecule is Cc1ccc2cc(C(=O)O)c(F)cc2n1. The third kappa shape index (κ3) is 1.66. The molecule has 0 fully saturated rings. The Labute approximate surface area is 85.2 Å². The van der Waals surface area contributed by atoms with Gasteiger partial charge in [0, 0.05) is 17.1 Å². The molecule has 0 spiro atoms. The summed E-state index contributed by atoms with van der Waals surface area (Å²) in [4.78, 5) is 14.8.